The SMILES string of the molecule is N#Cc1ccc(NC(=O)c2ccc(I)cc2)c(Cl)c1. The molecular formula is C14H8ClIN2O. The first kappa shape index (κ1) is 13.8. The van der Waals surface area contributed by atoms with E-state index in [1.807, 2.05) is 18.2 Å². The third-order valence-corrected chi connectivity index (χ3v) is 3.48. The highest BCUT2D eigenvalue weighted by Gasteiger charge is 2.08. The second-order valence-corrected chi connectivity index (χ2v) is 5.42. The molecule has 0 aliphatic rings. The molecule has 3 nitrogen and oxygen atoms in total. The third-order valence-electron chi connectivity index (χ3n) is 2.45. The van der Waals surface area contributed by atoms with Crippen molar-refractivity contribution >= 4 is 45.8 Å². The van der Waals surface area contributed by atoms with Crippen molar-refractivity contribution in [3.05, 3.63) is 62.2 Å². The second-order valence-electron chi connectivity index (χ2n) is 3.77. The Bertz CT molecular complexity index is 662. The highest BCUT2D eigenvalue weighted by molar-refractivity contribution is 14.1. The zero-order valence-corrected chi connectivity index (χ0v) is 12.6. The van der Waals surface area contributed by atoms with Crippen LogP contribution in [0.5, 0.6) is 0 Å². The summed E-state index contributed by atoms with van der Waals surface area (Å²) in [4.78, 5) is 12.0. The predicted molar refractivity (Wildman–Crippen MR) is 83.3 cm³/mol. The fourth-order valence-electron chi connectivity index (χ4n) is 1.48. The Morgan fingerprint density at radius 1 is 1.21 bits per heavy atom. The summed E-state index contributed by atoms with van der Waals surface area (Å²) in [6.07, 6.45) is 0. The maximum Gasteiger partial charge on any atom is 0.255 e. The first-order valence-corrected chi connectivity index (χ1v) is 6.82. The number of benzene rings is 2. The van der Waals surface area contributed by atoms with Gasteiger partial charge in [0.2, 0.25) is 0 Å². The molecule has 1 N–H and O–H groups in total. The van der Waals surface area contributed by atoms with E-state index in [4.69, 9.17) is 16.9 Å². The number of nitrogens with one attached hydrogen (secondary N) is 1. The van der Waals surface area contributed by atoms with Crippen LogP contribution in [0.4, 0.5) is 5.69 Å². The van der Waals surface area contributed by atoms with Gasteiger partial charge in [0.05, 0.1) is 22.3 Å². The molecular weight excluding hydrogens is 375 g/mol. The van der Waals surface area contributed by atoms with Gasteiger partial charge in [-0.05, 0) is 65.1 Å². The second kappa shape index (κ2) is 6.04. The standard InChI is InChI=1S/C14H8ClIN2O/c15-12-7-9(8-17)1-6-13(12)18-14(19)10-2-4-11(16)5-3-10/h1-7H,(H,18,19). The summed E-state index contributed by atoms with van der Waals surface area (Å²) in [6, 6.07) is 13.9. The number of amides is 1. The summed E-state index contributed by atoms with van der Waals surface area (Å²) in [5.74, 6) is -0.233. The van der Waals surface area contributed by atoms with Gasteiger partial charge < -0.3 is 5.32 Å². The summed E-state index contributed by atoms with van der Waals surface area (Å²) in [5.41, 5.74) is 1.50. The molecule has 0 unspecified atom stereocenters. The van der Waals surface area contributed by atoms with Crippen LogP contribution in [0.3, 0.4) is 0 Å². The van der Waals surface area contributed by atoms with E-state index < -0.39 is 0 Å². The molecule has 2 aromatic rings. The molecule has 0 heterocycles. The van der Waals surface area contributed by atoms with Crippen molar-refractivity contribution in [2.45, 2.75) is 0 Å². The van der Waals surface area contributed by atoms with Crippen LogP contribution < -0.4 is 5.32 Å². The topological polar surface area (TPSA) is 52.9 Å². The van der Waals surface area contributed by atoms with Crippen LogP contribution in [0.1, 0.15) is 15.9 Å². The number of halogens is 2. The number of hydrogen-bond donors (Lipinski definition) is 1. The molecule has 2 rings (SSSR count). The van der Waals surface area contributed by atoms with Crippen LogP contribution in [0.15, 0.2) is 42.5 Å². The van der Waals surface area contributed by atoms with Gasteiger partial charge in [-0.1, -0.05) is 11.6 Å². The van der Waals surface area contributed by atoms with E-state index >= 15 is 0 Å². The van der Waals surface area contributed by atoms with Gasteiger partial charge in [0.1, 0.15) is 0 Å². The monoisotopic (exact) mass is 382 g/mol. The molecule has 0 fully saturated rings. The van der Waals surface area contributed by atoms with Gasteiger partial charge in [-0.2, -0.15) is 5.26 Å². The summed E-state index contributed by atoms with van der Waals surface area (Å²) >= 11 is 8.17. The van der Waals surface area contributed by atoms with Gasteiger partial charge in [0, 0.05) is 9.13 Å². The summed E-state index contributed by atoms with van der Waals surface area (Å²) in [5, 5.41) is 11.8. The molecule has 0 saturated heterocycles. The van der Waals surface area contributed by atoms with Gasteiger partial charge in [-0.15, -0.1) is 0 Å². The number of nitrogens with zero attached hydrogens (tertiary/aromatic N) is 1. The van der Waals surface area contributed by atoms with E-state index in [9.17, 15) is 4.79 Å². The first-order valence-electron chi connectivity index (χ1n) is 5.37. The largest absolute Gasteiger partial charge is 0.321 e. The minimum Gasteiger partial charge on any atom is -0.321 e. The molecule has 0 saturated carbocycles. The minimum absolute atomic E-state index is 0.233. The maximum absolute atomic E-state index is 12.0. The van der Waals surface area contributed by atoms with Gasteiger partial charge >= 0.3 is 0 Å². The molecule has 1 amide bonds. The highest BCUT2D eigenvalue weighted by Crippen LogP contribution is 2.23. The van der Waals surface area contributed by atoms with Crippen LogP contribution in [0.25, 0.3) is 0 Å². The lowest BCUT2D eigenvalue weighted by Gasteiger charge is -2.07. The number of carbonyl (C=O) groups excluding carboxylic acids is 1. The van der Waals surface area contributed by atoms with E-state index in [1.54, 1.807) is 24.3 Å². The van der Waals surface area contributed by atoms with E-state index in [0.717, 1.165) is 3.57 Å². The van der Waals surface area contributed by atoms with Crippen LogP contribution in [0, 0.1) is 14.9 Å². The van der Waals surface area contributed by atoms with Crippen molar-refractivity contribution in [2.75, 3.05) is 5.32 Å². The van der Waals surface area contributed by atoms with Gasteiger partial charge in [-0.3, -0.25) is 4.79 Å². The molecule has 2 aromatic carbocycles. The van der Waals surface area contributed by atoms with E-state index in [-0.39, 0.29) is 5.91 Å². The predicted octanol–water partition coefficient (Wildman–Crippen LogP) is 4.07. The molecule has 0 spiro atoms. The Labute approximate surface area is 129 Å². The lowest BCUT2D eigenvalue weighted by Crippen LogP contribution is -2.12. The van der Waals surface area contributed by atoms with Crippen molar-refractivity contribution in [1.29, 1.82) is 5.26 Å². The lowest BCUT2D eigenvalue weighted by atomic mass is 10.2. The minimum atomic E-state index is -0.233. The Morgan fingerprint density at radius 2 is 1.89 bits per heavy atom. The van der Waals surface area contributed by atoms with Crippen LogP contribution in [-0.4, -0.2) is 5.91 Å². The summed E-state index contributed by atoms with van der Waals surface area (Å²) < 4.78 is 1.06. The molecule has 0 radical (unpaired) electrons. The van der Waals surface area contributed by atoms with Gasteiger partial charge in [0.15, 0.2) is 0 Å². The molecule has 94 valence electrons. The zero-order chi connectivity index (χ0) is 13.8. The number of hydrogen-bond acceptors (Lipinski definition) is 2. The highest BCUT2D eigenvalue weighted by atomic mass is 127. The number of rotatable bonds is 2. The molecule has 0 bridgehead atoms. The van der Waals surface area contributed by atoms with Crippen molar-refractivity contribution in [3.8, 4) is 6.07 Å². The van der Waals surface area contributed by atoms with Crippen LogP contribution >= 0.6 is 34.2 Å². The Morgan fingerprint density at radius 3 is 2.47 bits per heavy atom. The third kappa shape index (κ3) is 3.46. The van der Waals surface area contributed by atoms with Crippen molar-refractivity contribution in [1.82, 2.24) is 0 Å². The quantitative estimate of drug-likeness (QED) is 0.796. The zero-order valence-electron chi connectivity index (χ0n) is 9.65. The molecule has 19 heavy (non-hydrogen) atoms. The van der Waals surface area contributed by atoms with Crippen molar-refractivity contribution < 1.29 is 4.79 Å². The average Bonchev–Trinajstić information content (AvgIpc) is 2.41. The number of anilines is 1. The number of nitriles is 1. The molecule has 0 aliphatic carbocycles. The summed E-state index contributed by atoms with van der Waals surface area (Å²) in [7, 11) is 0. The fourth-order valence-corrected chi connectivity index (χ4v) is 2.07. The Balaban J connectivity index is 2.20. The van der Waals surface area contributed by atoms with Crippen molar-refractivity contribution in [3.63, 3.8) is 0 Å². The normalized spacial score (nSPS) is 9.74. The van der Waals surface area contributed by atoms with Crippen LogP contribution in [-0.2, 0) is 0 Å². The van der Waals surface area contributed by atoms with E-state index in [0.29, 0.717) is 21.8 Å². The van der Waals surface area contributed by atoms with Gasteiger partial charge in [-0.25, -0.2) is 0 Å². The lowest BCUT2D eigenvalue weighted by molar-refractivity contribution is 0.102. The molecule has 0 aromatic heterocycles. The molecule has 0 atom stereocenters. The van der Waals surface area contributed by atoms with Gasteiger partial charge in [0.25, 0.3) is 5.91 Å². The fraction of sp³-hybridized carbons (Fsp3) is 0. The van der Waals surface area contributed by atoms with Crippen molar-refractivity contribution in [2.24, 2.45) is 0 Å². The van der Waals surface area contributed by atoms with Crippen LogP contribution in [0.2, 0.25) is 5.02 Å². The molecule has 0 aliphatic heterocycles. The maximum atomic E-state index is 12.0. The average molecular weight is 383 g/mol. The summed E-state index contributed by atoms with van der Waals surface area (Å²) in [6.45, 7) is 0. The Hall–Kier alpha value is -1.58. The number of carbonyl (C=O) groups is 1. The van der Waals surface area contributed by atoms with E-state index in [2.05, 4.69) is 27.9 Å². The molecule has 5 heteroatoms. The van der Waals surface area contributed by atoms with E-state index in [1.165, 1.54) is 6.07 Å². The smallest absolute Gasteiger partial charge is 0.255 e. The Kier molecular flexibility index (Phi) is 4.40. The first-order chi connectivity index (χ1) is 9.10.